The molecule has 1 aromatic rings. The molecular formula is C12H11NO3. The quantitative estimate of drug-likeness (QED) is 0.443. The summed E-state index contributed by atoms with van der Waals surface area (Å²) in [5.41, 5.74) is 0.150. The van der Waals surface area contributed by atoms with Crippen molar-refractivity contribution < 1.29 is 9.66 Å². The van der Waals surface area contributed by atoms with Crippen LogP contribution >= 0.6 is 0 Å². The van der Waals surface area contributed by atoms with E-state index >= 15 is 0 Å². The zero-order chi connectivity index (χ0) is 11.8. The van der Waals surface area contributed by atoms with E-state index in [0.29, 0.717) is 5.56 Å². The molecule has 0 aliphatic heterocycles. The lowest BCUT2D eigenvalue weighted by Gasteiger charge is -2.10. The molecule has 1 aromatic carbocycles. The molecule has 2 rings (SSSR count). The Morgan fingerprint density at radius 1 is 1.56 bits per heavy atom. The number of hydrogen-bond acceptors (Lipinski definition) is 3. The van der Waals surface area contributed by atoms with Gasteiger partial charge in [-0.3, -0.25) is 10.1 Å². The van der Waals surface area contributed by atoms with E-state index in [2.05, 4.69) is 5.92 Å². The van der Waals surface area contributed by atoms with Crippen LogP contribution in [-0.4, -0.2) is 12.0 Å². The number of nitro benzene ring substituents is 1. The molecule has 1 aliphatic carbocycles. The maximum atomic E-state index is 11.0. The highest BCUT2D eigenvalue weighted by Gasteiger charge is 2.47. The Labute approximate surface area is 93.4 Å². The predicted octanol–water partition coefficient (Wildman–Crippen LogP) is 2.27. The van der Waals surface area contributed by atoms with Crippen molar-refractivity contribution >= 4 is 5.69 Å². The number of nitrogens with zero attached hydrogens (tertiary/aromatic N) is 1. The first-order valence-electron chi connectivity index (χ1n) is 4.94. The molecule has 0 unspecified atom stereocenters. The van der Waals surface area contributed by atoms with Gasteiger partial charge in [0.15, 0.2) is 5.75 Å². The fourth-order valence-electron chi connectivity index (χ4n) is 1.88. The lowest BCUT2D eigenvalue weighted by atomic mass is 9.95. The Hall–Kier alpha value is -2.02. The zero-order valence-corrected chi connectivity index (χ0v) is 8.90. The summed E-state index contributed by atoms with van der Waals surface area (Å²) in [5, 5.41) is 11.0. The van der Waals surface area contributed by atoms with E-state index in [9.17, 15) is 10.1 Å². The fourth-order valence-corrected chi connectivity index (χ4v) is 1.88. The first-order chi connectivity index (χ1) is 7.64. The third-order valence-corrected chi connectivity index (χ3v) is 2.94. The SMILES string of the molecule is C#CC1(c2cccc(OC)c2[N+](=O)[O-])CC1. The number of hydrogen-bond donors (Lipinski definition) is 0. The number of ether oxygens (including phenoxy) is 1. The van der Waals surface area contributed by atoms with Crippen LogP contribution in [-0.2, 0) is 5.41 Å². The molecule has 4 nitrogen and oxygen atoms in total. The third kappa shape index (κ3) is 1.41. The smallest absolute Gasteiger partial charge is 0.315 e. The molecule has 1 aliphatic rings. The average molecular weight is 217 g/mol. The van der Waals surface area contributed by atoms with Crippen molar-refractivity contribution in [2.24, 2.45) is 0 Å². The molecule has 0 spiro atoms. The number of nitro groups is 1. The standard InChI is InChI=1S/C12H11NO3/c1-3-12(7-8-12)9-5-4-6-10(16-2)11(9)13(14)15/h1,4-6H,7-8H2,2H3. The van der Waals surface area contributed by atoms with E-state index in [1.807, 2.05) is 0 Å². The van der Waals surface area contributed by atoms with Gasteiger partial charge in [0.2, 0.25) is 0 Å². The highest BCUT2D eigenvalue weighted by Crippen LogP contribution is 2.52. The van der Waals surface area contributed by atoms with Crippen molar-refractivity contribution in [1.29, 1.82) is 0 Å². The number of methoxy groups -OCH3 is 1. The number of rotatable bonds is 3. The minimum absolute atomic E-state index is 0.000417. The Bertz CT molecular complexity index is 484. The molecule has 0 bridgehead atoms. The highest BCUT2D eigenvalue weighted by atomic mass is 16.6. The van der Waals surface area contributed by atoms with Gasteiger partial charge in [-0.2, -0.15) is 0 Å². The van der Waals surface area contributed by atoms with E-state index in [0.717, 1.165) is 12.8 Å². The van der Waals surface area contributed by atoms with E-state index in [4.69, 9.17) is 11.2 Å². The van der Waals surface area contributed by atoms with Gasteiger partial charge in [-0.1, -0.05) is 18.1 Å². The van der Waals surface area contributed by atoms with Crippen LogP contribution in [0.1, 0.15) is 18.4 Å². The van der Waals surface area contributed by atoms with E-state index < -0.39 is 10.3 Å². The Balaban J connectivity index is 2.62. The van der Waals surface area contributed by atoms with Gasteiger partial charge >= 0.3 is 5.69 Å². The van der Waals surface area contributed by atoms with Crippen molar-refractivity contribution in [3.8, 4) is 18.1 Å². The van der Waals surface area contributed by atoms with E-state index in [1.54, 1.807) is 18.2 Å². The molecule has 1 fully saturated rings. The maximum absolute atomic E-state index is 11.0. The molecular weight excluding hydrogens is 206 g/mol. The molecule has 0 atom stereocenters. The minimum atomic E-state index is -0.447. The van der Waals surface area contributed by atoms with Gasteiger partial charge in [0.25, 0.3) is 0 Å². The van der Waals surface area contributed by atoms with Crippen LogP contribution in [0.2, 0.25) is 0 Å². The summed E-state index contributed by atoms with van der Waals surface area (Å²) in [6.07, 6.45) is 7.05. The maximum Gasteiger partial charge on any atom is 0.315 e. The van der Waals surface area contributed by atoms with Gasteiger partial charge < -0.3 is 4.74 Å². The summed E-state index contributed by atoms with van der Waals surface area (Å²) in [7, 11) is 1.42. The molecule has 16 heavy (non-hydrogen) atoms. The molecule has 4 heteroatoms. The van der Waals surface area contributed by atoms with Crippen molar-refractivity contribution in [3.63, 3.8) is 0 Å². The van der Waals surface area contributed by atoms with E-state index in [-0.39, 0.29) is 11.4 Å². The summed E-state index contributed by atoms with van der Waals surface area (Å²) in [6, 6.07) is 5.03. The second-order valence-corrected chi connectivity index (χ2v) is 3.84. The van der Waals surface area contributed by atoms with Gasteiger partial charge in [-0.25, -0.2) is 0 Å². The van der Waals surface area contributed by atoms with E-state index in [1.165, 1.54) is 7.11 Å². The van der Waals surface area contributed by atoms with Crippen LogP contribution in [0.15, 0.2) is 18.2 Å². The predicted molar refractivity (Wildman–Crippen MR) is 59.4 cm³/mol. The number of para-hydroxylation sites is 1. The summed E-state index contributed by atoms with van der Waals surface area (Å²) in [5.74, 6) is 2.92. The fraction of sp³-hybridized carbons (Fsp3) is 0.333. The molecule has 82 valence electrons. The summed E-state index contributed by atoms with van der Waals surface area (Å²) in [4.78, 5) is 10.6. The Morgan fingerprint density at radius 3 is 2.69 bits per heavy atom. The largest absolute Gasteiger partial charge is 0.490 e. The van der Waals surface area contributed by atoms with Gasteiger partial charge in [-0.15, -0.1) is 6.42 Å². The molecule has 0 N–H and O–H groups in total. The van der Waals surface area contributed by atoms with Gasteiger partial charge in [-0.05, 0) is 18.9 Å². The van der Waals surface area contributed by atoms with Crippen LogP contribution < -0.4 is 4.74 Å². The second kappa shape index (κ2) is 3.53. The van der Waals surface area contributed by atoms with Gasteiger partial charge in [0, 0.05) is 0 Å². The normalized spacial score (nSPS) is 16.2. The van der Waals surface area contributed by atoms with Crippen molar-refractivity contribution in [2.45, 2.75) is 18.3 Å². The lowest BCUT2D eigenvalue weighted by Crippen LogP contribution is -2.08. The molecule has 0 amide bonds. The van der Waals surface area contributed by atoms with Crippen molar-refractivity contribution in [2.75, 3.05) is 7.11 Å². The van der Waals surface area contributed by atoms with Gasteiger partial charge in [0.1, 0.15) is 0 Å². The van der Waals surface area contributed by atoms with Crippen LogP contribution in [0.4, 0.5) is 5.69 Å². The molecule has 0 heterocycles. The van der Waals surface area contributed by atoms with Crippen LogP contribution in [0.3, 0.4) is 0 Å². The van der Waals surface area contributed by atoms with Crippen LogP contribution in [0, 0.1) is 22.5 Å². The molecule has 0 saturated heterocycles. The highest BCUT2D eigenvalue weighted by molar-refractivity contribution is 5.60. The molecule has 1 saturated carbocycles. The summed E-state index contributed by atoms with van der Waals surface area (Å²) >= 11 is 0. The first-order valence-corrected chi connectivity index (χ1v) is 4.94. The minimum Gasteiger partial charge on any atom is -0.490 e. The Morgan fingerprint density at radius 2 is 2.25 bits per heavy atom. The molecule has 0 aromatic heterocycles. The Kier molecular flexibility index (Phi) is 2.31. The lowest BCUT2D eigenvalue weighted by molar-refractivity contribution is -0.386. The second-order valence-electron chi connectivity index (χ2n) is 3.84. The third-order valence-electron chi connectivity index (χ3n) is 2.94. The van der Waals surface area contributed by atoms with Crippen molar-refractivity contribution in [3.05, 3.63) is 33.9 Å². The number of benzene rings is 1. The van der Waals surface area contributed by atoms with Crippen LogP contribution in [0.25, 0.3) is 0 Å². The van der Waals surface area contributed by atoms with Crippen molar-refractivity contribution in [1.82, 2.24) is 0 Å². The summed E-state index contributed by atoms with van der Waals surface area (Å²) < 4.78 is 5.00. The average Bonchev–Trinajstić information content (AvgIpc) is 3.08. The van der Waals surface area contributed by atoms with Crippen LogP contribution in [0.5, 0.6) is 5.75 Å². The van der Waals surface area contributed by atoms with Gasteiger partial charge in [0.05, 0.1) is 23.0 Å². The molecule has 0 radical (unpaired) electrons. The topological polar surface area (TPSA) is 52.4 Å². The zero-order valence-electron chi connectivity index (χ0n) is 8.90. The number of terminal acetylenes is 1. The summed E-state index contributed by atoms with van der Waals surface area (Å²) in [6.45, 7) is 0. The first kappa shape index (κ1) is 10.5. The monoisotopic (exact) mass is 217 g/mol.